The maximum absolute atomic E-state index is 11.3. The van der Waals surface area contributed by atoms with Crippen molar-refractivity contribution in [2.24, 2.45) is 5.73 Å². The van der Waals surface area contributed by atoms with E-state index < -0.39 is 0 Å². The molecular weight excluding hydrogens is 196 g/mol. The second-order valence-electron chi connectivity index (χ2n) is 3.60. The number of nitrogens with one attached hydrogen (secondary N) is 1. The number of likely N-dealkylation sites (N-methyl/N-ethyl adjacent to an activating group) is 2. The maximum atomic E-state index is 11.3. The molecule has 15 heavy (non-hydrogen) atoms. The third-order valence-corrected chi connectivity index (χ3v) is 1.78. The largest absolute Gasteiger partial charge is 0.354 e. The van der Waals surface area contributed by atoms with Gasteiger partial charge in [0.1, 0.15) is 0 Å². The zero-order valence-corrected chi connectivity index (χ0v) is 9.62. The molecule has 88 valence electrons. The summed E-state index contributed by atoms with van der Waals surface area (Å²) in [5.74, 6) is -0.140. The topological polar surface area (TPSA) is 78.7 Å². The van der Waals surface area contributed by atoms with Gasteiger partial charge in [0.25, 0.3) is 0 Å². The molecule has 0 bridgehead atoms. The van der Waals surface area contributed by atoms with Crippen LogP contribution in [0.5, 0.6) is 0 Å². The van der Waals surface area contributed by atoms with Crippen molar-refractivity contribution in [3.05, 3.63) is 0 Å². The molecule has 0 rings (SSSR count). The molecule has 0 heterocycles. The van der Waals surface area contributed by atoms with Crippen LogP contribution in [0, 0.1) is 0 Å². The molecule has 3 N–H and O–H groups in total. The SMILES string of the molecule is CN(CC(=O)NCCN)CC(=O)N(C)C. The minimum Gasteiger partial charge on any atom is -0.354 e. The van der Waals surface area contributed by atoms with Gasteiger partial charge in [-0.25, -0.2) is 0 Å². The summed E-state index contributed by atoms with van der Waals surface area (Å²) in [4.78, 5) is 25.7. The number of nitrogens with zero attached hydrogens (tertiary/aromatic N) is 2. The van der Waals surface area contributed by atoms with Crippen LogP contribution in [0.3, 0.4) is 0 Å². The highest BCUT2D eigenvalue weighted by Gasteiger charge is 2.11. The highest BCUT2D eigenvalue weighted by molar-refractivity contribution is 5.80. The van der Waals surface area contributed by atoms with Gasteiger partial charge < -0.3 is 16.0 Å². The summed E-state index contributed by atoms with van der Waals surface area (Å²) in [6, 6.07) is 0. The molecule has 0 aliphatic carbocycles. The van der Waals surface area contributed by atoms with Crippen LogP contribution in [0.25, 0.3) is 0 Å². The van der Waals surface area contributed by atoms with Crippen LogP contribution >= 0.6 is 0 Å². The molecule has 0 aliphatic heterocycles. The third-order valence-electron chi connectivity index (χ3n) is 1.78. The molecule has 0 aromatic heterocycles. The van der Waals surface area contributed by atoms with Gasteiger partial charge in [-0.2, -0.15) is 0 Å². The van der Waals surface area contributed by atoms with E-state index >= 15 is 0 Å². The Bertz CT molecular complexity index is 218. The van der Waals surface area contributed by atoms with E-state index in [0.717, 1.165) is 0 Å². The van der Waals surface area contributed by atoms with E-state index in [0.29, 0.717) is 13.1 Å². The van der Waals surface area contributed by atoms with Gasteiger partial charge in [0.05, 0.1) is 13.1 Å². The average Bonchev–Trinajstić information content (AvgIpc) is 2.14. The lowest BCUT2D eigenvalue weighted by atomic mass is 10.4. The summed E-state index contributed by atoms with van der Waals surface area (Å²) in [6.45, 7) is 1.34. The zero-order chi connectivity index (χ0) is 11.8. The monoisotopic (exact) mass is 216 g/mol. The standard InChI is InChI=1S/C9H20N4O2/c1-12(2)9(15)7-13(3)6-8(14)11-5-4-10/h4-7,10H2,1-3H3,(H,11,14). The van der Waals surface area contributed by atoms with Gasteiger partial charge in [-0.3, -0.25) is 14.5 Å². The molecule has 2 amide bonds. The predicted octanol–water partition coefficient (Wildman–Crippen LogP) is -1.92. The predicted molar refractivity (Wildman–Crippen MR) is 58.3 cm³/mol. The van der Waals surface area contributed by atoms with Gasteiger partial charge >= 0.3 is 0 Å². The quantitative estimate of drug-likeness (QED) is 0.542. The van der Waals surface area contributed by atoms with Crippen LogP contribution in [0.4, 0.5) is 0 Å². The van der Waals surface area contributed by atoms with Crippen molar-refractivity contribution < 1.29 is 9.59 Å². The van der Waals surface area contributed by atoms with Crippen molar-refractivity contribution in [1.82, 2.24) is 15.1 Å². The summed E-state index contributed by atoms with van der Waals surface area (Å²) in [7, 11) is 5.10. The van der Waals surface area contributed by atoms with Crippen molar-refractivity contribution in [3.63, 3.8) is 0 Å². The molecule has 0 aliphatic rings. The number of hydrogen-bond acceptors (Lipinski definition) is 4. The fourth-order valence-electron chi connectivity index (χ4n) is 0.941. The number of nitrogens with two attached hydrogens (primary N) is 1. The Labute approximate surface area is 90.4 Å². The normalized spacial score (nSPS) is 10.2. The zero-order valence-electron chi connectivity index (χ0n) is 9.62. The van der Waals surface area contributed by atoms with Gasteiger partial charge in [0.2, 0.25) is 11.8 Å². The summed E-state index contributed by atoms with van der Waals surface area (Å²) in [5.41, 5.74) is 5.24. The fraction of sp³-hybridized carbons (Fsp3) is 0.778. The molecule has 0 saturated carbocycles. The van der Waals surface area contributed by atoms with Crippen molar-refractivity contribution in [3.8, 4) is 0 Å². The van der Waals surface area contributed by atoms with Crippen LogP contribution in [0.1, 0.15) is 0 Å². The number of carbonyl (C=O) groups excluding carboxylic acids is 2. The van der Waals surface area contributed by atoms with E-state index in [1.54, 1.807) is 26.0 Å². The Hall–Kier alpha value is -1.14. The van der Waals surface area contributed by atoms with Crippen LogP contribution in [-0.2, 0) is 9.59 Å². The van der Waals surface area contributed by atoms with Crippen LogP contribution in [-0.4, -0.2) is 68.9 Å². The van der Waals surface area contributed by atoms with Gasteiger partial charge in [-0.1, -0.05) is 0 Å². The molecule has 0 radical (unpaired) electrons. The Balaban J connectivity index is 3.77. The first kappa shape index (κ1) is 13.9. The molecule has 0 fully saturated rings. The Kier molecular flexibility index (Phi) is 6.64. The smallest absolute Gasteiger partial charge is 0.236 e. The molecule has 0 saturated heterocycles. The molecule has 6 nitrogen and oxygen atoms in total. The third kappa shape index (κ3) is 6.87. The summed E-state index contributed by atoms with van der Waals surface area (Å²) in [5, 5.41) is 2.64. The first-order valence-corrected chi connectivity index (χ1v) is 4.82. The molecule has 0 unspecified atom stereocenters. The van der Waals surface area contributed by atoms with E-state index in [9.17, 15) is 9.59 Å². The molecule has 6 heteroatoms. The van der Waals surface area contributed by atoms with E-state index in [4.69, 9.17) is 5.73 Å². The Morgan fingerprint density at radius 3 is 2.27 bits per heavy atom. The average molecular weight is 216 g/mol. The molecule has 0 spiro atoms. The number of amides is 2. The van der Waals surface area contributed by atoms with Gasteiger partial charge in [0, 0.05) is 27.2 Å². The summed E-state index contributed by atoms with van der Waals surface area (Å²) in [6.07, 6.45) is 0. The molecule has 0 atom stereocenters. The summed E-state index contributed by atoms with van der Waals surface area (Å²) < 4.78 is 0. The Morgan fingerprint density at radius 2 is 1.80 bits per heavy atom. The lowest BCUT2D eigenvalue weighted by Gasteiger charge is -2.18. The van der Waals surface area contributed by atoms with E-state index in [1.165, 1.54) is 4.90 Å². The first-order chi connectivity index (χ1) is 6.97. The fourth-order valence-corrected chi connectivity index (χ4v) is 0.941. The van der Waals surface area contributed by atoms with Crippen molar-refractivity contribution in [2.45, 2.75) is 0 Å². The van der Waals surface area contributed by atoms with E-state index in [-0.39, 0.29) is 24.9 Å². The molecular formula is C9H20N4O2. The van der Waals surface area contributed by atoms with Gasteiger partial charge in [-0.05, 0) is 7.05 Å². The Morgan fingerprint density at radius 1 is 1.20 bits per heavy atom. The lowest BCUT2D eigenvalue weighted by Crippen LogP contribution is -2.41. The summed E-state index contributed by atoms with van der Waals surface area (Å²) >= 11 is 0. The number of hydrogen-bond donors (Lipinski definition) is 2. The lowest BCUT2D eigenvalue weighted by molar-refractivity contribution is -0.130. The second-order valence-corrected chi connectivity index (χ2v) is 3.60. The first-order valence-electron chi connectivity index (χ1n) is 4.82. The highest BCUT2D eigenvalue weighted by atomic mass is 16.2. The second kappa shape index (κ2) is 7.19. The van der Waals surface area contributed by atoms with Crippen molar-refractivity contribution in [1.29, 1.82) is 0 Å². The number of carbonyl (C=O) groups is 2. The highest BCUT2D eigenvalue weighted by Crippen LogP contribution is 1.86. The van der Waals surface area contributed by atoms with Crippen molar-refractivity contribution in [2.75, 3.05) is 47.3 Å². The van der Waals surface area contributed by atoms with Crippen molar-refractivity contribution >= 4 is 11.8 Å². The van der Waals surface area contributed by atoms with Crippen LogP contribution in [0.15, 0.2) is 0 Å². The molecule has 0 aromatic rings. The number of rotatable bonds is 6. The minimum atomic E-state index is -0.116. The van der Waals surface area contributed by atoms with Crippen LogP contribution < -0.4 is 11.1 Å². The molecule has 0 aromatic carbocycles. The van der Waals surface area contributed by atoms with Crippen LogP contribution in [0.2, 0.25) is 0 Å². The van der Waals surface area contributed by atoms with Gasteiger partial charge in [-0.15, -0.1) is 0 Å². The van der Waals surface area contributed by atoms with Gasteiger partial charge in [0.15, 0.2) is 0 Å². The maximum Gasteiger partial charge on any atom is 0.236 e. The minimum absolute atomic E-state index is 0.0240. The van der Waals surface area contributed by atoms with E-state index in [1.807, 2.05) is 0 Å². The van der Waals surface area contributed by atoms with E-state index in [2.05, 4.69) is 5.32 Å².